The van der Waals surface area contributed by atoms with Crippen molar-refractivity contribution >= 4 is 28.5 Å². The highest BCUT2D eigenvalue weighted by atomic mass is 127. The standard InChI is InChI=1S/C13H16FIN2O/c1-9-3-2-4-11(12(9)15)13(18)17-6-5-16-10(7-14)8-17/h2-4,10,16H,5-8H2,1H3. The van der Waals surface area contributed by atoms with Gasteiger partial charge in [0.05, 0.1) is 11.6 Å². The first-order valence-electron chi connectivity index (χ1n) is 5.97. The fourth-order valence-corrected chi connectivity index (χ4v) is 2.69. The van der Waals surface area contributed by atoms with Gasteiger partial charge in [-0.05, 0) is 41.1 Å². The lowest BCUT2D eigenvalue weighted by Crippen LogP contribution is -2.53. The van der Waals surface area contributed by atoms with E-state index in [1.807, 2.05) is 25.1 Å². The van der Waals surface area contributed by atoms with E-state index in [-0.39, 0.29) is 11.9 Å². The molecule has 1 amide bonds. The van der Waals surface area contributed by atoms with E-state index < -0.39 is 6.67 Å². The van der Waals surface area contributed by atoms with Crippen molar-refractivity contribution in [2.24, 2.45) is 0 Å². The molecule has 2 rings (SSSR count). The molecular weight excluding hydrogens is 346 g/mol. The van der Waals surface area contributed by atoms with Gasteiger partial charge < -0.3 is 10.2 Å². The van der Waals surface area contributed by atoms with E-state index in [2.05, 4.69) is 27.9 Å². The maximum absolute atomic E-state index is 12.7. The topological polar surface area (TPSA) is 32.3 Å². The Morgan fingerprint density at radius 1 is 1.61 bits per heavy atom. The van der Waals surface area contributed by atoms with Crippen LogP contribution in [0.25, 0.3) is 0 Å². The Bertz CT molecular complexity index is 453. The number of carbonyl (C=O) groups is 1. The van der Waals surface area contributed by atoms with E-state index in [1.165, 1.54) is 0 Å². The van der Waals surface area contributed by atoms with Crippen molar-refractivity contribution < 1.29 is 9.18 Å². The minimum Gasteiger partial charge on any atom is -0.336 e. The molecule has 5 heteroatoms. The molecule has 18 heavy (non-hydrogen) atoms. The second-order valence-electron chi connectivity index (χ2n) is 4.49. The van der Waals surface area contributed by atoms with Crippen LogP contribution in [0.1, 0.15) is 15.9 Å². The maximum Gasteiger partial charge on any atom is 0.255 e. The molecule has 1 aromatic carbocycles. The van der Waals surface area contributed by atoms with E-state index in [0.717, 1.165) is 14.7 Å². The summed E-state index contributed by atoms with van der Waals surface area (Å²) >= 11 is 2.19. The molecule has 1 atom stereocenters. The number of nitrogens with one attached hydrogen (secondary N) is 1. The van der Waals surface area contributed by atoms with Gasteiger partial charge in [0.15, 0.2) is 0 Å². The molecule has 0 aliphatic carbocycles. The van der Waals surface area contributed by atoms with Gasteiger partial charge in [0.2, 0.25) is 0 Å². The molecule has 0 aromatic heterocycles. The molecule has 3 nitrogen and oxygen atoms in total. The van der Waals surface area contributed by atoms with Crippen LogP contribution in [0.15, 0.2) is 18.2 Å². The van der Waals surface area contributed by atoms with Gasteiger partial charge in [-0.1, -0.05) is 12.1 Å². The molecule has 1 saturated heterocycles. The number of amides is 1. The molecular formula is C13H16FIN2O. The fraction of sp³-hybridized carbons (Fsp3) is 0.462. The number of hydrogen-bond acceptors (Lipinski definition) is 2. The van der Waals surface area contributed by atoms with Gasteiger partial charge in [-0.25, -0.2) is 4.39 Å². The zero-order chi connectivity index (χ0) is 13.1. The highest BCUT2D eigenvalue weighted by Gasteiger charge is 2.25. The summed E-state index contributed by atoms with van der Waals surface area (Å²) in [6.07, 6.45) is 0. The molecule has 1 fully saturated rings. The number of benzene rings is 1. The van der Waals surface area contributed by atoms with Crippen molar-refractivity contribution in [3.63, 3.8) is 0 Å². The highest BCUT2D eigenvalue weighted by Crippen LogP contribution is 2.19. The highest BCUT2D eigenvalue weighted by molar-refractivity contribution is 14.1. The van der Waals surface area contributed by atoms with Crippen LogP contribution in [0.4, 0.5) is 4.39 Å². The van der Waals surface area contributed by atoms with Crippen LogP contribution >= 0.6 is 22.6 Å². The minimum absolute atomic E-state index is 0.00282. The van der Waals surface area contributed by atoms with Gasteiger partial charge in [-0.3, -0.25) is 4.79 Å². The van der Waals surface area contributed by atoms with Crippen molar-refractivity contribution in [1.82, 2.24) is 10.2 Å². The molecule has 1 heterocycles. The van der Waals surface area contributed by atoms with Gasteiger partial charge in [0.1, 0.15) is 6.67 Å². The summed E-state index contributed by atoms with van der Waals surface area (Å²) in [5.41, 5.74) is 1.81. The van der Waals surface area contributed by atoms with Crippen molar-refractivity contribution in [1.29, 1.82) is 0 Å². The second kappa shape index (κ2) is 5.97. The number of rotatable bonds is 2. The van der Waals surface area contributed by atoms with E-state index >= 15 is 0 Å². The third kappa shape index (κ3) is 2.83. The van der Waals surface area contributed by atoms with E-state index in [0.29, 0.717) is 19.6 Å². The first-order chi connectivity index (χ1) is 8.63. The van der Waals surface area contributed by atoms with Crippen LogP contribution in [0.5, 0.6) is 0 Å². The molecule has 1 aromatic rings. The Hall–Kier alpha value is -0.690. The molecule has 1 aliphatic heterocycles. The third-order valence-electron chi connectivity index (χ3n) is 3.15. The molecule has 0 radical (unpaired) electrons. The molecule has 1 N–H and O–H groups in total. The van der Waals surface area contributed by atoms with E-state index in [1.54, 1.807) is 4.90 Å². The number of nitrogens with zero attached hydrogens (tertiary/aromatic N) is 1. The summed E-state index contributed by atoms with van der Waals surface area (Å²) < 4.78 is 13.6. The number of carbonyl (C=O) groups excluding carboxylic acids is 1. The first kappa shape index (κ1) is 13.7. The van der Waals surface area contributed by atoms with E-state index in [4.69, 9.17) is 0 Å². The zero-order valence-corrected chi connectivity index (χ0v) is 12.4. The summed E-state index contributed by atoms with van der Waals surface area (Å²) in [5.74, 6) is 0.00282. The van der Waals surface area contributed by atoms with Crippen LogP contribution in [-0.2, 0) is 0 Å². The number of piperazine rings is 1. The summed E-state index contributed by atoms with van der Waals surface area (Å²) in [5, 5.41) is 3.06. The van der Waals surface area contributed by atoms with Crippen molar-refractivity contribution in [2.75, 3.05) is 26.3 Å². The lowest BCUT2D eigenvalue weighted by molar-refractivity contribution is 0.0691. The zero-order valence-electron chi connectivity index (χ0n) is 10.2. The van der Waals surface area contributed by atoms with Gasteiger partial charge in [-0.2, -0.15) is 0 Å². The molecule has 98 valence electrons. The molecule has 1 unspecified atom stereocenters. The summed E-state index contributed by atoms with van der Waals surface area (Å²) in [6.45, 7) is 3.29. The maximum atomic E-state index is 12.7. The molecule has 1 aliphatic rings. The Kier molecular flexibility index (Phi) is 4.55. The Morgan fingerprint density at radius 3 is 3.11 bits per heavy atom. The smallest absolute Gasteiger partial charge is 0.255 e. The normalized spacial score (nSPS) is 19.9. The monoisotopic (exact) mass is 362 g/mol. The fourth-order valence-electron chi connectivity index (χ4n) is 2.10. The Balaban J connectivity index is 2.18. The number of alkyl halides is 1. The lowest BCUT2D eigenvalue weighted by Gasteiger charge is -2.32. The summed E-state index contributed by atoms with van der Waals surface area (Å²) in [4.78, 5) is 14.1. The number of halogens is 2. The quantitative estimate of drug-likeness (QED) is 0.817. The van der Waals surface area contributed by atoms with Crippen LogP contribution < -0.4 is 5.32 Å². The van der Waals surface area contributed by atoms with Crippen molar-refractivity contribution in [3.05, 3.63) is 32.9 Å². The van der Waals surface area contributed by atoms with Gasteiger partial charge in [-0.15, -0.1) is 0 Å². The van der Waals surface area contributed by atoms with Crippen LogP contribution in [-0.4, -0.2) is 43.2 Å². The van der Waals surface area contributed by atoms with Crippen LogP contribution in [0, 0.1) is 10.5 Å². The van der Waals surface area contributed by atoms with E-state index in [9.17, 15) is 9.18 Å². The summed E-state index contributed by atoms with van der Waals surface area (Å²) in [6, 6.07) is 5.48. The first-order valence-corrected chi connectivity index (χ1v) is 7.05. The third-order valence-corrected chi connectivity index (χ3v) is 4.58. The van der Waals surface area contributed by atoms with Crippen LogP contribution in [0.3, 0.4) is 0 Å². The predicted molar refractivity (Wildman–Crippen MR) is 77.6 cm³/mol. The molecule has 0 bridgehead atoms. The van der Waals surface area contributed by atoms with Gasteiger partial charge in [0, 0.05) is 23.2 Å². The predicted octanol–water partition coefficient (Wildman–Crippen LogP) is 1.98. The number of hydrogen-bond donors (Lipinski definition) is 1. The Morgan fingerprint density at radius 2 is 2.39 bits per heavy atom. The minimum atomic E-state index is -0.436. The Labute approximate surface area is 120 Å². The van der Waals surface area contributed by atoms with Gasteiger partial charge in [0.25, 0.3) is 5.91 Å². The molecule has 0 spiro atoms. The average molecular weight is 362 g/mol. The van der Waals surface area contributed by atoms with Crippen molar-refractivity contribution in [3.8, 4) is 0 Å². The summed E-state index contributed by atoms with van der Waals surface area (Å²) in [7, 11) is 0. The largest absolute Gasteiger partial charge is 0.336 e. The SMILES string of the molecule is Cc1cccc(C(=O)N2CCNC(CF)C2)c1I. The van der Waals surface area contributed by atoms with Crippen molar-refractivity contribution in [2.45, 2.75) is 13.0 Å². The average Bonchev–Trinajstić information content (AvgIpc) is 2.41. The van der Waals surface area contributed by atoms with Gasteiger partial charge >= 0.3 is 0 Å². The lowest BCUT2D eigenvalue weighted by atomic mass is 10.1. The second-order valence-corrected chi connectivity index (χ2v) is 5.57. The number of aryl methyl sites for hydroxylation is 1. The van der Waals surface area contributed by atoms with Crippen LogP contribution in [0.2, 0.25) is 0 Å². The molecule has 0 saturated carbocycles.